The van der Waals surface area contributed by atoms with Crippen LogP contribution in [0.2, 0.25) is 0 Å². The van der Waals surface area contributed by atoms with Crippen molar-refractivity contribution in [1.29, 1.82) is 0 Å². The Hall–Kier alpha value is -1.68. The van der Waals surface area contributed by atoms with Gasteiger partial charge in [0.05, 0.1) is 0 Å². The van der Waals surface area contributed by atoms with E-state index >= 15 is 0 Å². The predicted octanol–water partition coefficient (Wildman–Crippen LogP) is 0.173. The van der Waals surface area contributed by atoms with Crippen molar-refractivity contribution in [2.45, 2.75) is 0 Å². The van der Waals surface area contributed by atoms with Crippen LogP contribution < -0.4 is 11.5 Å². The van der Waals surface area contributed by atoms with Crippen LogP contribution in [0.1, 0.15) is 20.7 Å². The number of amides is 1. The fraction of sp³-hybridized carbons (Fsp3) is 0.111. The average molecular weight is 180 g/mol. The minimum Gasteiger partial charge on any atom is -0.366 e. The SMILES string of the molecule is CN.NC(=O)c1ccc(C=O)cc1. The van der Waals surface area contributed by atoms with E-state index in [1.165, 1.54) is 19.2 Å². The zero-order valence-corrected chi connectivity index (χ0v) is 7.36. The molecule has 0 fully saturated rings. The zero-order valence-electron chi connectivity index (χ0n) is 7.36. The Bertz CT molecular complexity index is 280. The van der Waals surface area contributed by atoms with Gasteiger partial charge < -0.3 is 11.5 Å². The molecule has 0 bridgehead atoms. The van der Waals surface area contributed by atoms with Crippen molar-refractivity contribution in [2.24, 2.45) is 11.5 Å². The van der Waals surface area contributed by atoms with Crippen molar-refractivity contribution >= 4 is 12.2 Å². The van der Waals surface area contributed by atoms with E-state index in [-0.39, 0.29) is 0 Å². The summed E-state index contributed by atoms with van der Waals surface area (Å²) in [6.07, 6.45) is 0.713. The van der Waals surface area contributed by atoms with Crippen LogP contribution in [0.25, 0.3) is 0 Å². The highest BCUT2D eigenvalue weighted by Gasteiger charge is 1.97. The summed E-state index contributed by atoms with van der Waals surface area (Å²) in [5.74, 6) is -0.484. The number of carbonyl (C=O) groups is 2. The summed E-state index contributed by atoms with van der Waals surface area (Å²) in [5, 5.41) is 0. The summed E-state index contributed by atoms with van der Waals surface area (Å²) in [5.41, 5.74) is 10.4. The Morgan fingerprint density at radius 3 is 2.00 bits per heavy atom. The third-order valence-electron chi connectivity index (χ3n) is 1.33. The molecule has 1 amide bonds. The highest BCUT2D eigenvalue weighted by Crippen LogP contribution is 2.00. The normalized spacial score (nSPS) is 8.15. The number of nitrogens with two attached hydrogens (primary N) is 2. The first-order valence-corrected chi connectivity index (χ1v) is 3.67. The van der Waals surface area contributed by atoms with Crippen LogP contribution >= 0.6 is 0 Å². The molecule has 0 aliphatic heterocycles. The molecule has 70 valence electrons. The van der Waals surface area contributed by atoms with Crippen LogP contribution in [-0.4, -0.2) is 19.2 Å². The lowest BCUT2D eigenvalue weighted by Crippen LogP contribution is -2.10. The van der Waals surface area contributed by atoms with Gasteiger partial charge in [-0.25, -0.2) is 0 Å². The van der Waals surface area contributed by atoms with Gasteiger partial charge in [0.15, 0.2) is 0 Å². The van der Waals surface area contributed by atoms with Crippen molar-refractivity contribution in [1.82, 2.24) is 0 Å². The molecule has 1 aromatic rings. The number of hydrogen-bond donors (Lipinski definition) is 2. The van der Waals surface area contributed by atoms with Crippen LogP contribution in [-0.2, 0) is 0 Å². The second kappa shape index (κ2) is 5.91. The molecule has 0 saturated carbocycles. The Morgan fingerprint density at radius 2 is 1.69 bits per heavy atom. The van der Waals surface area contributed by atoms with E-state index < -0.39 is 5.91 Å². The Morgan fingerprint density at radius 1 is 1.23 bits per heavy atom. The summed E-state index contributed by atoms with van der Waals surface area (Å²) >= 11 is 0. The highest BCUT2D eigenvalue weighted by molar-refractivity contribution is 5.93. The van der Waals surface area contributed by atoms with E-state index in [4.69, 9.17) is 5.73 Å². The van der Waals surface area contributed by atoms with Gasteiger partial charge >= 0.3 is 0 Å². The van der Waals surface area contributed by atoms with Gasteiger partial charge in [-0.2, -0.15) is 0 Å². The van der Waals surface area contributed by atoms with Crippen molar-refractivity contribution < 1.29 is 9.59 Å². The van der Waals surface area contributed by atoms with Gasteiger partial charge in [0, 0.05) is 11.1 Å². The van der Waals surface area contributed by atoms with Crippen LogP contribution in [0.3, 0.4) is 0 Å². The second-order valence-corrected chi connectivity index (χ2v) is 2.10. The standard InChI is InChI=1S/C8H7NO2.CH5N/c9-8(11)7-3-1-6(5-10)2-4-7;1-2/h1-5H,(H2,9,11);2H2,1H3. The molecule has 1 aromatic carbocycles. The van der Waals surface area contributed by atoms with Gasteiger partial charge in [0.2, 0.25) is 5.91 Å². The van der Waals surface area contributed by atoms with E-state index in [9.17, 15) is 9.59 Å². The third kappa shape index (κ3) is 3.48. The molecule has 4 N–H and O–H groups in total. The second-order valence-electron chi connectivity index (χ2n) is 2.10. The van der Waals surface area contributed by atoms with Crippen molar-refractivity contribution in [3.05, 3.63) is 35.4 Å². The van der Waals surface area contributed by atoms with Crippen molar-refractivity contribution in [2.75, 3.05) is 7.05 Å². The van der Waals surface area contributed by atoms with E-state index in [1.807, 2.05) is 0 Å². The lowest BCUT2D eigenvalue weighted by molar-refractivity contribution is 0.0999. The van der Waals surface area contributed by atoms with Gasteiger partial charge in [0.25, 0.3) is 0 Å². The number of benzene rings is 1. The molecule has 4 heteroatoms. The quantitative estimate of drug-likeness (QED) is 0.636. The van der Waals surface area contributed by atoms with Crippen LogP contribution in [0.15, 0.2) is 24.3 Å². The minimum atomic E-state index is -0.484. The molecular weight excluding hydrogens is 168 g/mol. The molecule has 0 spiro atoms. The molecule has 0 aliphatic carbocycles. The first-order valence-electron chi connectivity index (χ1n) is 3.67. The lowest BCUT2D eigenvalue weighted by atomic mass is 10.1. The number of hydrogen-bond acceptors (Lipinski definition) is 3. The molecule has 0 aliphatic rings. The Kier molecular flexibility index (Phi) is 5.14. The molecule has 13 heavy (non-hydrogen) atoms. The summed E-state index contributed by atoms with van der Waals surface area (Å²) in [4.78, 5) is 20.7. The van der Waals surface area contributed by atoms with Gasteiger partial charge in [0.1, 0.15) is 6.29 Å². The van der Waals surface area contributed by atoms with E-state index in [2.05, 4.69) is 5.73 Å². The maximum Gasteiger partial charge on any atom is 0.248 e. The van der Waals surface area contributed by atoms with Gasteiger partial charge in [-0.3, -0.25) is 9.59 Å². The molecule has 0 unspecified atom stereocenters. The van der Waals surface area contributed by atoms with Crippen molar-refractivity contribution in [3.8, 4) is 0 Å². The maximum atomic E-state index is 10.5. The number of aldehydes is 1. The zero-order chi connectivity index (χ0) is 10.3. The van der Waals surface area contributed by atoms with Crippen LogP contribution in [0.4, 0.5) is 0 Å². The van der Waals surface area contributed by atoms with Crippen molar-refractivity contribution in [3.63, 3.8) is 0 Å². The molecule has 1 rings (SSSR count). The minimum absolute atomic E-state index is 0.413. The number of rotatable bonds is 2. The lowest BCUT2D eigenvalue weighted by Gasteiger charge is -1.93. The average Bonchev–Trinajstić information content (AvgIpc) is 2.21. The Balaban J connectivity index is 0.000000671. The van der Waals surface area contributed by atoms with Gasteiger partial charge in [-0.15, -0.1) is 0 Å². The monoisotopic (exact) mass is 180 g/mol. The predicted molar refractivity (Wildman–Crippen MR) is 50.5 cm³/mol. The van der Waals surface area contributed by atoms with Crippen LogP contribution in [0, 0.1) is 0 Å². The summed E-state index contributed by atoms with van der Waals surface area (Å²) < 4.78 is 0. The molecular formula is C9H12N2O2. The summed E-state index contributed by atoms with van der Waals surface area (Å²) in [6.45, 7) is 0. The molecule has 0 atom stereocenters. The Labute approximate surface area is 76.5 Å². The highest BCUT2D eigenvalue weighted by atomic mass is 16.1. The first-order chi connectivity index (χ1) is 6.24. The largest absolute Gasteiger partial charge is 0.366 e. The third-order valence-corrected chi connectivity index (χ3v) is 1.33. The molecule has 0 radical (unpaired) electrons. The molecule has 0 aromatic heterocycles. The van der Waals surface area contributed by atoms with Gasteiger partial charge in [-0.05, 0) is 19.2 Å². The van der Waals surface area contributed by atoms with E-state index in [1.54, 1.807) is 12.1 Å². The van der Waals surface area contributed by atoms with Crippen LogP contribution in [0.5, 0.6) is 0 Å². The van der Waals surface area contributed by atoms with Gasteiger partial charge in [-0.1, -0.05) is 12.1 Å². The summed E-state index contributed by atoms with van der Waals surface area (Å²) in [7, 11) is 1.50. The summed E-state index contributed by atoms with van der Waals surface area (Å²) in [6, 6.07) is 6.14. The smallest absolute Gasteiger partial charge is 0.248 e. The van der Waals surface area contributed by atoms with E-state index in [0.29, 0.717) is 17.4 Å². The molecule has 0 heterocycles. The number of primary amides is 1. The first kappa shape index (κ1) is 11.3. The van der Waals surface area contributed by atoms with E-state index in [0.717, 1.165) is 0 Å². The molecule has 0 saturated heterocycles. The fourth-order valence-corrected chi connectivity index (χ4v) is 0.726. The maximum absolute atomic E-state index is 10.5. The molecule has 4 nitrogen and oxygen atoms in total. The topological polar surface area (TPSA) is 86.2 Å². The number of carbonyl (C=O) groups excluding carboxylic acids is 2. The fourth-order valence-electron chi connectivity index (χ4n) is 0.726.